The molecule has 1 rings (SSSR count). The second kappa shape index (κ2) is 7.00. The Morgan fingerprint density at radius 3 is 2.69 bits per heavy atom. The molecule has 0 radical (unpaired) electrons. The van der Waals surface area contributed by atoms with Crippen LogP contribution in [0.5, 0.6) is 5.75 Å². The summed E-state index contributed by atoms with van der Waals surface area (Å²) in [5, 5.41) is 1.36. The maximum absolute atomic E-state index is 5.59. The zero-order valence-electron chi connectivity index (χ0n) is 8.20. The molecule has 1 nitrogen and oxygen atoms in total. The van der Waals surface area contributed by atoms with Crippen LogP contribution >= 0.6 is 0 Å². The summed E-state index contributed by atoms with van der Waals surface area (Å²) in [6, 6.07) is 10.1. The predicted octanol–water partition coefficient (Wildman–Crippen LogP) is 2.95. The van der Waals surface area contributed by atoms with Gasteiger partial charge in [-0.3, -0.25) is 0 Å². The monoisotopic (exact) mass is 191 g/mol. The minimum atomic E-state index is 0.488. The van der Waals surface area contributed by atoms with E-state index in [-0.39, 0.29) is 0 Å². The fraction of sp³-hybridized carbons (Fsp3) is 0.455. The average molecular weight is 191 g/mol. The third-order valence-electron chi connectivity index (χ3n) is 1.87. The first kappa shape index (κ1) is 10.6. The number of rotatable bonds is 6. The first-order valence-corrected chi connectivity index (χ1v) is 6.56. The molecule has 1 aromatic carbocycles. The summed E-state index contributed by atoms with van der Waals surface area (Å²) in [6.07, 6.45) is 2.66. The van der Waals surface area contributed by atoms with Crippen LogP contribution in [-0.2, 0) is 0 Å². The zero-order chi connectivity index (χ0) is 9.36. The molecule has 0 heterocycles. The second-order valence-corrected chi connectivity index (χ2v) is 4.54. The van der Waals surface area contributed by atoms with Crippen molar-refractivity contribution in [3.8, 4) is 5.75 Å². The van der Waals surface area contributed by atoms with E-state index in [1.807, 2.05) is 30.3 Å². The van der Waals surface area contributed by atoms with Gasteiger partial charge in [0, 0.05) is 0 Å². The van der Waals surface area contributed by atoms with Gasteiger partial charge >= 0.3 is 86.6 Å². The van der Waals surface area contributed by atoms with Gasteiger partial charge in [0.05, 0.1) is 0 Å². The molecule has 0 saturated heterocycles. The molecule has 1 aromatic rings. The molecule has 0 atom stereocenters. The summed E-state index contributed by atoms with van der Waals surface area (Å²) >= 11 is 0.488. The Morgan fingerprint density at radius 2 is 2.00 bits per heavy atom. The minimum absolute atomic E-state index is 0.488. The van der Waals surface area contributed by atoms with Crippen molar-refractivity contribution in [2.75, 3.05) is 5.47 Å². The van der Waals surface area contributed by atoms with E-state index < -0.39 is 0 Å². The number of ether oxygens (including phenoxy) is 1. The first-order chi connectivity index (χ1) is 6.43. The van der Waals surface area contributed by atoms with Gasteiger partial charge in [0.2, 0.25) is 0 Å². The van der Waals surface area contributed by atoms with Crippen LogP contribution in [0.2, 0.25) is 5.28 Å². The van der Waals surface area contributed by atoms with Crippen LogP contribution in [0.25, 0.3) is 0 Å². The van der Waals surface area contributed by atoms with Crippen LogP contribution in [0.3, 0.4) is 0 Å². The Bertz CT molecular complexity index is 211. The normalized spacial score (nSPS) is 9.31. The fourth-order valence-electron chi connectivity index (χ4n) is 1.10. The molecule has 0 aromatic heterocycles. The van der Waals surface area contributed by atoms with Gasteiger partial charge in [-0.25, -0.2) is 0 Å². The van der Waals surface area contributed by atoms with E-state index in [0.717, 1.165) is 11.2 Å². The maximum atomic E-state index is 5.59. The second-order valence-electron chi connectivity index (χ2n) is 3.05. The van der Waals surface area contributed by atoms with E-state index in [1.165, 1.54) is 18.1 Å². The van der Waals surface area contributed by atoms with Gasteiger partial charge in [-0.1, -0.05) is 0 Å². The molecule has 0 amide bonds. The van der Waals surface area contributed by atoms with Crippen LogP contribution in [0.4, 0.5) is 0 Å². The molecule has 0 saturated carbocycles. The van der Waals surface area contributed by atoms with Crippen LogP contribution < -0.4 is 4.74 Å². The molecule has 2 heteroatoms. The van der Waals surface area contributed by atoms with Crippen molar-refractivity contribution in [2.45, 2.75) is 25.0 Å². The SMILES string of the molecule is CCC[CH2][Al+][CH2]Oc1ccccc1. The van der Waals surface area contributed by atoms with Crippen molar-refractivity contribution in [1.29, 1.82) is 0 Å². The predicted molar refractivity (Wildman–Crippen MR) is 57.4 cm³/mol. The molecule has 0 unspecified atom stereocenters. The topological polar surface area (TPSA) is 9.23 Å². The molecule has 0 spiro atoms. The molecule has 0 aliphatic carbocycles. The van der Waals surface area contributed by atoms with E-state index in [9.17, 15) is 0 Å². The standard InChI is InChI=1S/C7H7O.C4H9.Al/c1-8-7-5-3-2-4-6-7;1-3-4-2;/h2-6H,1H2;1,3-4H2,2H3;/q;;+1. The van der Waals surface area contributed by atoms with Gasteiger partial charge in [0.25, 0.3) is 0 Å². The molecule has 0 aliphatic rings. The summed E-state index contributed by atoms with van der Waals surface area (Å²) in [7, 11) is 0. The van der Waals surface area contributed by atoms with E-state index in [2.05, 4.69) is 6.92 Å². The number of unbranched alkanes of at least 4 members (excludes halogenated alkanes) is 1. The van der Waals surface area contributed by atoms with Crippen molar-refractivity contribution in [3.05, 3.63) is 30.3 Å². The van der Waals surface area contributed by atoms with Gasteiger partial charge in [0.1, 0.15) is 0 Å². The van der Waals surface area contributed by atoms with Crippen molar-refractivity contribution in [1.82, 2.24) is 0 Å². The third kappa shape index (κ3) is 4.98. The molecule has 0 fully saturated rings. The Morgan fingerprint density at radius 1 is 1.23 bits per heavy atom. The van der Waals surface area contributed by atoms with Gasteiger partial charge in [-0.15, -0.1) is 0 Å². The quantitative estimate of drug-likeness (QED) is 0.496. The van der Waals surface area contributed by atoms with E-state index in [4.69, 9.17) is 4.74 Å². The Balaban J connectivity index is 2.07. The number of para-hydroxylation sites is 1. The molecule has 0 bridgehead atoms. The summed E-state index contributed by atoms with van der Waals surface area (Å²) in [4.78, 5) is 0. The van der Waals surface area contributed by atoms with E-state index in [1.54, 1.807) is 0 Å². The van der Waals surface area contributed by atoms with Crippen molar-refractivity contribution in [3.63, 3.8) is 0 Å². The van der Waals surface area contributed by atoms with Crippen molar-refractivity contribution < 1.29 is 4.74 Å². The molecule has 68 valence electrons. The number of hydrogen-bond acceptors (Lipinski definition) is 1. The van der Waals surface area contributed by atoms with Gasteiger partial charge in [-0.2, -0.15) is 0 Å². The summed E-state index contributed by atoms with van der Waals surface area (Å²) < 4.78 is 5.59. The molecular formula is C11H16AlO+. The van der Waals surface area contributed by atoms with Gasteiger partial charge in [-0.05, 0) is 0 Å². The first-order valence-electron chi connectivity index (χ1n) is 4.93. The molecule has 13 heavy (non-hydrogen) atoms. The molecular weight excluding hydrogens is 175 g/mol. The van der Waals surface area contributed by atoms with Crippen molar-refractivity contribution >= 4 is 15.2 Å². The van der Waals surface area contributed by atoms with Gasteiger partial charge < -0.3 is 0 Å². The van der Waals surface area contributed by atoms with Crippen LogP contribution in [-0.4, -0.2) is 20.7 Å². The number of hydrogen-bond donors (Lipinski definition) is 0. The van der Waals surface area contributed by atoms with Gasteiger partial charge in [0.15, 0.2) is 0 Å². The summed E-state index contributed by atoms with van der Waals surface area (Å²) in [6.45, 7) is 2.23. The third-order valence-corrected chi connectivity index (χ3v) is 3.09. The van der Waals surface area contributed by atoms with Crippen LogP contribution in [0, 0.1) is 0 Å². The fourth-order valence-corrected chi connectivity index (χ4v) is 2.28. The number of benzene rings is 1. The summed E-state index contributed by atoms with van der Waals surface area (Å²) in [5.74, 6) is 1.01. The molecule has 0 aliphatic heterocycles. The van der Waals surface area contributed by atoms with Crippen LogP contribution in [0.1, 0.15) is 19.8 Å². The Hall–Kier alpha value is -0.448. The average Bonchev–Trinajstić information content (AvgIpc) is 2.19. The Kier molecular flexibility index (Phi) is 5.73. The zero-order valence-corrected chi connectivity index (χ0v) is 9.36. The summed E-state index contributed by atoms with van der Waals surface area (Å²) in [5.41, 5.74) is 0.935. The van der Waals surface area contributed by atoms with Crippen LogP contribution in [0.15, 0.2) is 30.3 Å². The van der Waals surface area contributed by atoms with E-state index >= 15 is 0 Å². The van der Waals surface area contributed by atoms with E-state index in [0.29, 0.717) is 15.2 Å². The Labute approximate surface area is 86.8 Å². The van der Waals surface area contributed by atoms with Crippen molar-refractivity contribution in [2.24, 2.45) is 0 Å². The molecule has 0 N–H and O–H groups in total.